The molecular weight excluding hydrogens is 474 g/mol. The summed E-state index contributed by atoms with van der Waals surface area (Å²) in [4.78, 5) is 26.7. The third kappa shape index (κ3) is 8.46. The molecule has 1 heterocycles. The molecule has 0 radical (unpaired) electrons. The molecule has 6 nitrogen and oxygen atoms in total. The van der Waals surface area contributed by atoms with Gasteiger partial charge in [0.25, 0.3) is 0 Å². The van der Waals surface area contributed by atoms with E-state index in [9.17, 15) is 14.7 Å². The van der Waals surface area contributed by atoms with E-state index in [1.165, 1.54) is 32.1 Å². The topological polar surface area (TPSA) is 81.7 Å². The lowest BCUT2D eigenvalue weighted by atomic mass is 9.74. The first-order valence-corrected chi connectivity index (χ1v) is 14.4. The number of amides is 2. The highest BCUT2D eigenvalue weighted by Gasteiger charge is 2.41. The molecule has 1 aliphatic heterocycles. The molecule has 0 aromatic heterocycles. The van der Waals surface area contributed by atoms with Crippen molar-refractivity contribution in [2.75, 3.05) is 26.7 Å². The van der Waals surface area contributed by atoms with Gasteiger partial charge < -0.3 is 25.4 Å². The van der Waals surface area contributed by atoms with E-state index < -0.39 is 5.60 Å². The fourth-order valence-corrected chi connectivity index (χ4v) is 6.38. The summed E-state index contributed by atoms with van der Waals surface area (Å²) in [6.07, 6.45) is 11.7. The van der Waals surface area contributed by atoms with Crippen LogP contribution in [0.5, 0.6) is 0 Å². The average Bonchev–Trinajstić information content (AvgIpc) is 2.87. The molecule has 1 aromatic carbocycles. The van der Waals surface area contributed by atoms with Gasteiger partial charge in [0.1, 0.15) is 5.78 Å². The van der Waals surface area contributed by atoms with Crippen LogP contribution in [0.4, 0.5) is 4.79 Å². The molecule has 0 bridgehead atoms. The predicted molar refractivity (Wildman–Crippen MR) is 146 cm³/mol. The predicted octanol–water partition coefficient (Wildman–Crippen LogP) is 5.66. The number of urea groups is 1. The van der Waals surface area contributed by atoms with E-state index in [0.29, 0.717) is 36.9 Å². The van der Waals surface area contributed by atoms with Crippen LogP contribution >= 0.6 is 11.6 Å². The van der Waals surface area contributed by atoms with E-state index in [-0.39, 0.29) is 23.8 Å². The van der Waals surface area contributed by atoms with Crippen molar-refractivity contribution >= 4 is 23.4 Å². The molecule has 1 aliphatic carbocycles. The van der Waals surface area contributed by atoms with Crippen molar-refractivity contribution in [1.82, 2.24) is 15.5 Å². The Bertz CT molecular complexity index is 845. The zero-order chi connectivity index (χ0) is 26.0. The molecule has 7 heteroatoms. The molecule has 3 N–H and O–H groups in total. The van der Waals surface area contributed by atoms with Crippen LogP contribution in [0.1, 0.15) is 89.5 Å². The summed E-state index contributed by atoms with van der Waals surface area (Å²) >= 11 is 6.30. The van der Waals surface area contributed by atoms with Gasteiger partial charge in [0.15, 0.2) is 0 Å². The van der Waals surface area contributed by atoms with Crippen LogP contribution in [0, 0.1) is 11.8 Å². The molecule has 3 rings (SSSR count). The van der Waals surface area contributed by atoms with Crippen LogP contribution < -0.4 is 10.6 Å². The Balaban J connectivity index is 1.68. The van der Waals surface area contributed by atoms with Gasteiger partial charge in [-0.05, 0) is 76.1 Å². The largest absolute Gasteiger partial charge is 0.385 e. The molecule has 2 aliphatic rings. The summed E-state index contributed by atoms with van der Waals surface area (Å²) in [5.74, 6) is 0.773. The fourth-order valence-electron chi connectivity index (χ4n) is 6.19. The highest BCUT2D eigenvalue weighted by Crippen LogP contribution is 2.40. The van der Waals surface area contributed by atoms with Gasteiger partial charge in [-0.2, -0.15) is 0 Å². The highest BCUT2D eigenvalue weighted by atomic mass is 35.5. The lowest BCUT2D eigenvalue weighted by Crippen LogP contribution is -2.54. The van der Waals surface area contributed by atoms with Crippen molar-refractivity contribution in [2.24, 2.45) is 11.8 Å². The Labute approximate surface area is 222 Å². The smallest absolute Gasteiger partial charge is 0.317 e. The molecule has 1 aromatic rings. The zero-order valence-corrected chi connectivity index (χ0v) is 23.0. The van der Waals surface area contributed by atoms with Crippen LogP contribution in [0.25, 0.3) is 0 Å². The number of nitrogens with zero attached hydrogens (tertiary/aromatic N) is 1. The first kappa shape index (κ1) is 28.9. The van der Waals surface area contributed by atoms with E-state index in [1.54, 1.807) is 6.92 Å². The number of rotatable bonds is 12. The van der Waals surface area contributed by atoms with Crippen molar-refractivity contribution in [3.8, 4) is 0 Å². The molecule has 1 saturated carbocycles. The van der Waals surface area contributed by atoms with E-state index in [0.717, 1.165) is 44.2 Å². The number of ketones is 1. The Kier molecular flexibility index (Phi) is 11.5. The lowest BCUT2D eigenvalue weighted by Gasteiger charge is -2.43. The summed E-state index contributed by atoms with van der Waals surface area (Å²) < 4.78 is 0. The molecule has 3 unspecified atom stereocenters. The maximum absolute atomic E-state index is 13.4. The number of likely N-dealkylation sites (tertiary alicyclic amines) is 1. The molecule has 2 amide bonds. The number of aliphatic hydroxyl groups is 1. The molecule has 2 fully saturated rings. The third-order valence-corrected chi connectivity index (χ3v) is 8.40. The molecule has 36 heavy (non-hydrogen) atoms. The third-order valence-electron chi connectivity index (χ3n) is 8.17. The second-order valence-electron chi connectivity index (χ2n) is 11.1. The van der Waals surface area contributed by atoms with Gasteiger partial charge in [0.2, 0.25) is 0 Å². The summed E-state index contributed by atoms with van der Waals surface area (Å²) in [7, 11) is 1.94. The van der Waals surface area contributed by atoms with E-state index in [1.807, 2.05) is 36.2 Å². The zero-order valence-electron chi connectivity index (χ0n) is 22.2. The number of piperidine rings is 1. The van der Waals surface area contributed by atoms with Gasteiger partial charge in [-0.25, -0.2) is 4.79 Å². The van der Waals surface area contributed by atoms with Crippen LogP contribution in [0.2, 0.25) is 5.02 Å². The number of likely N-dealkylation sites (N-methyl/N-ethyl adjacent to an activating group) is 1. The number of unbranched alkanes of at least 4 members (excludes halogenated alkanes) is 1. The van der Waals surface area contributed by atoms with Crippen LogP contribution in [-0.4, -0.2) is 54.5 Å². The molecule has 3 atom stereocenters. The van der Waals surface area contributed by atoms with Gasteiger partial charge >= 0.3 is 6.03 Å². The van der Waals surface area contributed by atoms with Gasteiger partial charge in [-0.1, -0.05) is 55.8 Å². The second kappa shape index (κ2) is 14.3. The number of hydrogen-bond donors (Lipinski definition) is 3. The Hall–Kier alpha value is -1.63. The molecule has 0 spiro atoms. The standard InChI is InChI=1S/C29H46ClN3O3/c1-22(34)10-6-7-16-29(36,24-13-8-15-26(30)19-24)25-14-9-17-33(21-25)28(35)32-27(20-31-2)18-23-11-4-3-5-12-23/h8,13,15,19,23,25,27,31,36H,3-7,9-12,14,16-18,20-21H2,1-2H3,(H,32,35). The normalized spacial score (nSPS) is 21.6. The Morgan fingerprint density at radius 2 is 1.94 bits per heavy atom. The minimum atomic E-state index is -1.09. The Morgan fingerprint density at radius 1 is 1.17 bits per heavy atom. The van der Waals surface area contributed by atoms with E-state index >= 15 is 0 Å². The van der Waals surface area contributed by atoms with Crippen molar-refractivity contribution < 1.29 is 14.7 Å². The number of hydrogen-bond acceptors (Lipinski definition) is 4. The maximum atomic E-state index is 13.4. The minimum absolute atomic E-state index is 0.0271. The first-order chi connectivity index (χ1) is 17.3. The van der Waals surface area contributed by atoms with E-state index in [2.05, 4.69) is 10.6 Å². The molecule has 202 valence electrons. The average molecular weight is 520 g/mol. The van der Waals surface area contributed by atoms with Gasteiger partial charge in [-0.3, -0.25) is 0 Å². The van der Waals surface area contributed by atoms with Crippen LogP contribution in [-0.2, 0) is 10.4 Å². The van der Waals surface area contributed by atoms with Crippen LogP contribution in [0.3, 0.4) is 0 Å². The van der Waals surface area contributed by atoms with Crippen molar-refractivity contribution in [3.05, 3.63) is 34.9 Å². The number of carbonyl (C=O) groups is 2. The number of nitrogens with one attached hydrogen (secondary N) is 2. The minimum Gasteiger partial charge on any atom is -0.385 e. The monoisotopic (exact) mass is 519 g/mol. The van der Waals surface area contributed by atoms with Crippen molar-refractivity contribution in [1.29, 1.82) is 0 Å². The second-order valence-corrected chi connectivity index (χ2v) is 11.5. The molecule has 1 saturated heterocycles. The summed E-state index contributed by atoms with van der Waals surface area (Å²) in [6.45, 7) is 3.59. The summed E-state index contributed by atoms with van der Waals surface area (Å²) in [6, 6.07) is 7.56. The highest BCUT2D eigenvalue weighted by molar-refractivity contribution is 6.30. The number of benzene rings is 1. The van der Waals surface area contributed by atoms with E-state index in [4.69, 9.17) is 11.6 Å². The van der Waals surface area contributed by atoms with Gasteiger partial charge in [-0.15, -0.1) is 0 Å². The molecular formula is C29H46ClN3O3. The number of Topliss-reactive ketones (excluding diaryl/α,β-unsaturated/α-hetero) is 1. The summed E-state index contributed by atoms with van der Waals surface area (Å²) in [5, 5.41) is 19.2. The van der Waals surface area contributed by atoms with Gasteiger partial charge in [0.05, 0.1) is 5.60 Å². The van der Waals surface area contributed by atoms with Crippen molar-refractivity contribution in [3.63, 3.8) is 0 Å². The number of halogens is 1. The fraction of sp³-hybridized carbons (Fsp3) is 0.724. The van der Waals surface area contributed by atoms with Crippen LogP contribution in [0.15, 0.2) is 24.3 Å². The first-order valence-electron chi connectivity index (χ1n) is 14.0. The Morgan fingerprint density at radius 3 is 2.64 bits per heavy atom. The van der Waals surface area contributed by atoms with Gasteiger partial charge in [0, 0.05) is 43.0 Å². The van der Waals surface area contributed by atoms with Crippen molar-refractivity contribution in [2.45, 2.75) is 95.6 Å². The lowest BCUT2D eigenvalue weighted by molar-refractivity contribution is -0.117. The summed E-state index contributed by atoms with van der Waals surface area (Å²) in [5.41, 5.74) is -0.289. The SMILES string of the molecule is CNCC(CC1CCCCC1)NC(=O)N1CCCC(C(O)(CCCCC(C)=O)c2cccc(Cl)c2)C1. The maximum Gasteiger partial charge on any atom is 0.317 e. The number of carbonyl (C=O) groups excluding carboxylic acids is 2. The quantitative estimate of drug-likeness (QED) is 0.311.